The van der Waals surface area contributed by atoms with Crippen molar-refractivity contribution in [1.29, 1.82) is 0 Å². The van der Waals surface area contributed by atoms with Gasteiger partial charge in [0.05, 0.1) is 11.4 Å². The highest BCUT2D eigenvalue weighted by molar-refractivity contribution is 9.10. The summed E-state index contributed by atoms with van der Waals surface area (Å²) in [5.41, 5.74) is 1.52. The number of pyridine rings is 1. The minimum absolute atomic E-state index is 0.318. The maximum absolute atomic E-state index is 14.5. The molecule has 0 spiro atoms. The van der Waals surface area contributed by atoms with Crippen LogP contribution >= 0.6 is 15.9 Å². The molecule has 6 rings (SSSR count). The van der Waals surface area contributed by atoms with Crippen LogP contribution in [0, 0.1) is 0 Å². The van der Waals surface area contributed by atoms with Gasteiger partial charge in [-0.1, -0.05) is 64.5 Å². The number of carbonyl (C=O) groups excluding carboxylic acids is 2. The van der Waals surface area contributed by atoms with Gasteiger partial charge in [-0.25, -0.2) is 9.96 Å². The van der Waals surface area contributed by atoms with Gasteiger partial charge in [0, 0.05) is 16.9 Å². The average Bonchev–Trinajstić information content (AvgIpc) is 3.38. The molecular weight excluding hydrogens is 506 g/mol. The Balaban J connectivity index is 1.61. The minimum Gasteiger partial charge on any atom is -0.273 e. The Bertz CT molecular complexity index is 1380. The van der Waals surface area contributed by atoms with Crippen molar-refractivity contribution in [1.82, 2.24) is 4.98 Å². The molecule has 2 aliphatic heterocycles. The second-order valence-electron chi connectivity index (χ2n) is 8.52. The molecule has 0 bridgehead atoms. The number of anilines is 2. The molecule has 3 heterocycles. The third-order valence-corrected chi connectivity index (χ3v) is 7.20. The van der Waals surface area contributed by atoms with Crippen LogP contribution in [0.15, 0.2) is 114 Å². The maximum Gasteiger partial charge on any atom is 0.267 e. The fourth-order valence-corrected chi connectivity index (χ4v) is 5.43. The molecule has 35 heavy (non-hydrogen) atoms. The third-order valence-electron chi connectivity index (χ3n) is 6.67. The van der Waals surface area contributed by atoms with Gasteiger partial charge in [-0.05, 0) is 59.7 Å². The molecule has 6 nitrogen and oxygen atoms in total. The summed E-state index contributed by atoms with van der Waals surface area (Å²) >= 11 is 3.43. The molecule has 3 unspecified atom stereocenters. The highest BCUT2D eigenvalue weighted by Gasteiger charge is 2.72. The number of hydrogen-bond donors (Lipinski definition) is 0. The van der Waals surface area contributed by atoms with Crippen molar-refractivity contribution < 1.29 is 14.4 Å². The van der Waals surface area contributed by atoms with E-state index >= 15 is 0 Å². The fraction of sp³-hybridized carbons (Fsp3) is 0.107. The van der Waals surface area contributed by atoms with Crippen molar-refractivity contribution in [3.8, 4) is 0 Å². The van der Waals surface area contributed by atoms with Crippen LogP contribution in [0.2, 0.25) is 0 Å². The molecular formula is C28H20BrN3O3. The Morgan fingerprint density at radius 2 is 1.40 bits per heavy atom. The Morgan fingerprint density at radius 3 is 2.06 bits per heavy atom. The maximum atomic E-state index is 14.5. The molecule has 1 aromatic heterocycles. The lowest BCUT2D eigenvalue weighted by molar-refractivity contribution is -0.126. The van der Waals surface area contributed by atoms with Crippen molar-refractivity contribution in [3.63, 3.8) is 0 Å². The first-order chi connectivity index (χ1) is 17.1. The number of imide groups is 1. The molecule has 2 amide bonds. The summed E-state index contributed by atoms with van der Waals surface area (Å²) in [5.74, 6) is -0.708. The number of benzene rings is 3. The summed E-state index contributed by atoms with van der Waals surface area (Å²) in [6, 6.07) is 29.3. The zero-order chi connectivity index (χ0) is 24.0. The molecule has 2 fully saturated rings. The van der Waals surface area contributed by atoms with E-state index in [1.807, 2.05) is 84.9 Å². The van der Waals surface area contributed by atoms with Crippen molar-refractivity contribution in [3.05, 3.63) is 125 Å². The number of rotatable bonds is 4. The lowest BCUT2D eigenvalue weighted by atomic mass is 9.69. The van der Waals surface area contributed by atoms with E-state index in [4.69, 9.17) is 4.84 Å². The largest absolute Gasteiger partial charge is 0.273 e. The van der Waals surface area contributed by atoms with Crippen LogP contribution in [0.1, 0.15) is 17.2 Å². The normalized spacial score (nSPS) is 23.6. The van der Waals surface area contributed by atoms with E-state index in [0.29, 0.717) is 5.69 Å². The third kappa shape index (κ3) is 3.23. The van der Waals surface area contributed by atoms with Crippen LogP contribution in [0.25, 0.3) is 0 Å². The molecule has 2 saturated heterocycles. The van der Waals surface area contributed by atoms with Crippen molar-refractivity contribution in [2.45, 2.75) is 17.6 Å². The standard InChI is InChI=1S/C28H20BrN3O3/c29-21-11-13-22(14-12-21)31-26(33)25-28(27(31)34,20-7-3-1-4-8-20)24(19-15-17-30-18-16-19)32(35-25)23-9-5-2-6-10-23/h1-18,24-25H. The summed E-state index contributed by atoms with van der Waals surface area (Å²) in [6.45, 7) is 0. The summed E-state index contributed by atoms with van der Waals surface area (Å²) < 4.78 is 0.861. The summed E-state index contributed by atoms with van der Waals surface area (Å²) in [5, 5.41) is 1.71. The average molecular weight is 526 g/mol. The highest BCUT2D eigenvalue weighted by Crippen LogP contribution is 2.57. The topological polar surface area (TPSA) is 62.7 Å². The first-order valence-electron chi connectivity index (χ1n) is 11.2. The lowest BCUT2D eigenvalue weighted by Gasteiger charge is -2.35. The van der Waals surface area contributed by atoms with Gasteiger partial charge in [0.2, 0.25) is 5.91 Å². The molecule has 0 aliphatic carbocycles. The van der Waals surface area contributed by atoms with E-state index in [-0.39, 0.29) is 5.91 Å². The number of aromatic nitrogens is 1. The second-order valence-corrected chi connectivity index (χ2v) is 9.44. The summed E-state index contributed by atoms with van der Waals surface area (Å²) in [7, 11) is 0. The predicted octanol–water partition coefficient (Wildman–Crippen LogP) is 5.22. The molecule has 4 aromatic rings. The monoisotopic (exact) mass is 525 g/mol. The molecule has 2 aliphatic rings. The van der Waals surface area contributed by atoms with Gasteiger partial charge in [0.1, 0.15) is 11.5 Å². The fourth-order valence-electron chi connectivity index (χ4n) is 5.17. The van der Waals surface area contributed by atoms with Gasteiger partial charge in [-0.15, -0.1) is 0 Å². The zero-order valence-corrected chi connectivity index (χ0v) is 20.1. The van der Waals surface area contributed by atoms with Crippen molar-refractivity contribution in [2.75, 3.05) is 9.96 Å². The number of nitrogens with zero attached hydrogens (tertiary/aromatic N) is 3. The van der Waals surface area contributed by atoms with Crippen molar-refractivity contribution >= 4 is 39.1 Å². The van der Waals surface area contributed by atoms with E-state index < -0.39 is 23.5 Å². The Morgan fingerprint density at radius 1 is 0.771 bits per heavy atom. The second kappa shape index (κ2) is 8.45. The summed E-state index contributed by atoms with van der Waals surface area (Å²) in [6.07, 6.45) is 2.34. The molecule has 0 saturated carbocycles. The van der Waals surface area contributed by atoms with Crippen LogP contribution in [-0.4, -0.2) is 22.9 Å². The van der Waals surface area contributed by atoms with Gasteiger partial charge in [-0.2, -0.15) is 0 Å². The molecule has 7 heteroatoms. The lowest BCUT2D eigenvalue weighted by Crippen LogP contribution is -2.46. The first kappa shape index (κ1) is 21.7. The Kier molecular flexibility index (Phi) is 5.24. The van der Waals surface area contributed by atoms with Gasteiger partial charge in [0.15, 0.2) is 6.10 Å². The Hall–Kier alpha value is -3.81. The number of hydrogen-bond acceptors (Lipinski definition) is 5. The molecule has 172 valence electrons. The van der Waals surface area contributed by atoms with Crippen LogP contribution in [-0.2, 0) is 19.8 Å². The molecule has 3 atom stereocenters. The number of fused-ring (bicyclic) bond motifs is 1. The number of halogens is 1. The highest BCUT2D eigenvalue weighted by atomic mass is 79.9. The van der Waals surface area contributed by atoms with Gasteiger partial charge >= 0.3 is 0 Å². The number of para-hydroxylation sites is 1. The van der Waals surface area contributed by atoms with Crippen LogP contribution < -0.4 is 9.96 Å². The van der Waals surface area contributed by atoms with E-state index in [9.17, 15) is 9.59 Å². The quantitative estimate of drug-likeness (QED) is 0.342. The summed E-state index contributed by atoms with van der Waals surface area (Å²) in [4.78, 5) is 40.4. The number of hydroxylamine groups is 1. The zero-order valence-electron chi connectivity index (χ0n) is 18.5. The van der Waals surface area contributed by atoms with Gasteiger partial charge < -0.3 is 0 Å². The number of amides is 2. The molecule has 0 radical (unpaired) electrons. The van der Waals surface area contributed by atoms with Crippen LogP contribution in [0.3, 0.4) is 0 Å². The molecule has 0 N–H and O–H groups in total. The van der Waals surface area contributed by atoms with E-state index in [1.165, 1.54) is 4.90 Å². The van der Waals surface area contributed by atoms with Gasteiger partial charge in [-0.3, -0.25) is 19.4 Å². The molecule has 3 aromatic carbocycles. The van der Waals surface area contributed by atoms with E-state index in [1.54, 1.807) is 29.6 Å². The minimum atomic E-state index is -1.30. The Labute approximate surface area is 210 Å². The predicted molar refractivity (Wildman–Crippen MR) is 136 cm³/mol. The smallest absolute Gasteiger partial charge is 0.267 e. The van der Waals surface area contributed by atoms with Crippen molar-refractivity contribution in [2.24, 2.45) is 0 Å². The first-order valence-corrected chi connectivity index (χ1v) is 12.0. The number of carbonyl (C=O) groups is 2. The van der Waals surface area contributed by atoms with Crippen LogP contribution in [0.4, 0.5) is 11.4 Å². The van der Waals surface area contributed by atoms with Gasteiger partial charge in [0.25, 0.3) is 5.91 Å². The van der Waals surface area contributed by atoms with E-state index in [0.717, 1.165) is 21.3 Å². The van der Waals surface area contributed by atoms with E-state index in [2.05, 4.69) is 20.9 Å². The SMILES string of the molecule is O=C1C2ON(c3ccccc3)C(c3ccncc3)C2(c2ccccc2)C(=O)N1c1ccc(Br)cc1. The van der Waals surface area contributed by atoms with Crippen LogP contribution in [0.5, 0.6) is 0 Å².